The maximum absolute atomic E-state index is 10.7. The van der Waals surface area contributed by atoms with Gasteiger partial charge in [0.2, 0.25) is 0 Å². The minimum absolute atomic E-state index is 0. The maximum atomic E-state index is 10.7. The van der Waals surface area contributed by atoms with Gasteiger partial charge in [0.25, 0.3) is 5.09 Å². The molecular formula is C28H21AgBr2N3O5. The average molecular weight is 747 g/mol. The third-order valence-electron chi connectivity index (χ3n) is 5.56. The van der Waals surface area contributed by atoms with E-state index in [1.807, 2.05) is 42.5 Å². The Morgan fingerprint density at radius 1 is 0.718 bits per heavy atom. The van der Waals surface area contributed by atoms with Crippen molar-refractivity contribution in [3.63, 3.8) is 0 Å². The molecule has 0 aliphatic carbocycles. The summed E-state index contributed by atoms with van der Waals surface area (Å²) in [6.07, 6.45) is 0.779. The molecule has 2 aromatic heterocycles. The molecule has 0 bridgehead atoms. The van der Waals surface area contributed by atoms with E-state index in [2.05, 4.69) is 85.4 Å². The van der Waals surface area contributed by atoms with Gasteiger partial charge in [-0.2, -0.15) is 0 Å². The van der Waals surface area contributed by atoms with Crippen LogP contribution in [-0.4, -0.2) is 32.0 Å². The van der Waals surface area contributed by atoms with Crippen LogP contribution >= 0.6 is 31.9 Å². The zero-order chi connectivity index (χ0) is 26.4. The number of alkyl halides is 2. The Balaban J connectivity index is 0.000000231. The summed E-state index contributed by atoms with van der Waals surface area (Å²) in [7, 11) is 0. The summed E-state index contributed by atoms with van der Waals surface area (Å²) in [4.78, 5) is 28.1. The summed E-state index contributed by atoms with van der Waals surface area (Å²) in [5, 5.41) is 20.5. The monoisotopic (exact) mass is 744 g/mol. The van der Waals surface area contributed by atoms with Gasteiger partial charge in [-0.15, -0.1) is 10.1 Å². The van der Waals surface area contributed by atoms with Gasteiger partial charge in [0.05, 0.1) is 16.7 Å². The molecule has 4 aromatic carbocycles. The molecule has 0 aliphatic heterocycles. The van der Waals surface area contributed by atoms with Gasteiger partial charge in [0.15, 0.2) is 6.29 Å². The smallest absolute Gasteiger partial charge is 0.291 e. The molecule has 203 valence electrons. The molecule has 39 heavy (non-hydrogen) atoms. The Morgan fingerprint density at radius 2 is 1.13 bits per heavy atom. The van der Waals surface area contributed by atoms with Gasteiger partial charge in [-0.05, 0) is 22.9 Å². The summed E-state index contributed by atoms with van der Waals surface area (Å²) in [5.74, 6) is 0. The van der Waals surface area contributed by atoms with Gasteiger partial charge in [0.1, 0.15) is 9.43 Å². The number of hydrogen-bond acceptors (Lipinski definition) is 5. The van der Waals surface area contributed by atoms with E-state index in [1.165, 1.54) is 16.2 Å². The Kier molecular flexibility index (Phi) is 12.1. The van der Waals surface area contributed by atoms with Gasteiger partial charge >= 0.3 is 0 Å². The first-order valence-corrected chi connectivity index (χ1v) is 12.8. The molecule has 0 amide bonds. The molecule has 0 saturated heterocycles. The Morgan fingerprint density at radius 3 is 1.62 bits per heavy atom. The van der Waals surface area contributed by atoms with Crippen LogP contribution < -0.4 is 0 Å². The van der Waals surface area contributed by atoms with E-state index in [0.717, 1.165) is 39.2 Å². The number of aromatic nitrogens is 2. The molecule has 3 N–H and O–H groups in total. The van der Waals surface area contributed by atoms with Gasteiger partial charge < -0.3 is 10.7 Å². The first-order chi connectivity index (χ1) is 17.9. The van der Waals surface area contributed by atoms with Crippen LogP contribution in [0.15, 0.2) is 97.1 Å². The zero-order valence-electron chi connectivity index (χ0n) is 20.0. The van der Waals surface area contributed by atoms with E-state index in [1.54, 1.807) is 6.07 Å². The van der Waals surface area contributed by atoms with E-state index in [0.29, 0.717) is 5.69 Å². The van der Waals surface area contributed by atoms with Crippen molar-refractivity contribution in [2.75, 3.05) is 0 Å². The van der Waals surface area contributed by atoms with Crippen LogP contribution in [0.5, 0.6) is 0 Å². The summed E-state index contributed by atoms with van der Waals surface area (Å²) in [5.41, 5.74) is 3.42. The van der Waals surface area contributed by atoms with Crippen molar-refractivity contribution in [1.82, 2.24) is 9.97 Å². The first kappa shape index (κ1) is 32.0. The first-order valence-electron chi connectivity index (χ1n) is 11.0. The summed E-state index contributed by atoms with van der Waals surface area (Å²) in [6.45, 7) is 0. The SMILES string of the molecule is BrC(Br)c1ccc2ccc3ccccc3c2n1.O.O=Cc1ccc2ccc3ccccc3c2n1.O=[N+]([O-])O.[Ag]. The largest absolute Gasteiger partial charge is 0.412 e. The van der Waals surface area contributed by atoms with Crippen LogP contribution in [0.1, 0.15) is 19.9 Å². The second kappa shape index (κ2) is 14.8. The van der Waals surface area contributed by atoms with Crippen molar-refractivity contribution in [1.29, 1.82) is 0 Å². The van der Waals surface area contributed by atoms with Crippen LogP contribution in [0.2, 0.25) is 0 Å². The van der Waals surface area contributed by atoms with Gasteiger partial charge in [-0.25, -0.2) is 4.98 Å². The number of benzene rings is 4. The standard InChI is InChI=1S/C14H9Br2N.C14H9NO.Ag.HNO3.H2O/c15-14(16)12-8-7-10-6-5-9-3-1-2-4-11(9)13(10)17-12;16-9-12-8-7-11-6-5-10-3-1-2-4-13(10)14(11)15-12;;2-1(3)4;/h1-8,14H;1-9H;;(H,2,3,4);1H2. The van der Waals surface area contributed by atoms with Crippen molar-refractivity contribution in [3.05, 3.63) is 119 Å². The summed E-state index contributed by atoms with van der Waals surface area (Å²) >= 11 is 6.97. The average Bonchev–Trinajstić information content (AvgIpc) is 2.92. The van der Waals surface area contributed by atoms with E-state index in [-0.39, 0.29) is 31.6 Å². The van der Waals surface area contributed by atoms with Crippen molar-refractivity contribution < 1.29 is 42.9 Å². The fourth-order valence-corrected chi connectivity index (χ4v) is 4.44. The molecule has 8 nitrogen and oxygen atoms in total. The fraction of sp³-hybridized carbons (Fsp3) is 0.0357. The minimum Gasteiger partial charge on any atom is -0.412 e. The molecular weight excluding hydrogens is 726 g/mol. The molecule has 6 aromatic rings. The zero-order valence-corrected chi connectivity index (χ0v) is 24.6. The molecule has 6 rings (SSSR count). The maximum Gasteiger partial charge on any atom is 0.291 e. The molecule has 1 radical (unpaired) electrons. The number of aldehydes is 1. The van der Waals surface area contributed by atoms with Crippen LogP contribution in [0.4, 0.5) is 0 Å². The predicted octanol–water partition coefficient (Wildman–Crippen LogP) is 7.20. The van der Waals surface area contributed by atoms with Crippen LogP contribution in [0.3, 0.4) is 0 Å². The molecule has 0 saturated carbocycles. The molecule has 0 aliphatic rings. The summed E-state index contributed by atoms with van der Waals surface area (Å²) < 4.78 is 0.0957. The van der Waals surface area contributed by atoms with E-state index in [9.17, 15) is 4.79 Å². The van der Waals surface area contributed by atoms with Crippen LogP contribution in [-0.2, 0) is 22.4 Å². The number of hydrogen-bond donors (Lipinski definition) is 1. The second-order valence-corrected chi connectivity index (χ2v) is 10.9. The number of carbonyl (C=O) groups is 1. The third-order valence-corrected chi connectivity index (χ3v) is 6.50. The van der Waals surface area contributed by atoms with E-state index in [4.69, 9.17) is 20.3 Å². The number of halogens is 2. The molecule has 0 unspecified atom stereocenters. The Labute approximate surface area is 255 Å². The number of rotatable bonds is 2. The third kappa shape index (κ3) is 7.89. The van der Waals surface area contributed by atoms with Crippen molar-refractivity contribution in [2.24, 2.45) is 0 Å². The fourth-order valence-electron chi connectivity index (χ4n) is 3.93. The topological polar surface area (TPSA) is 138 Å². The van der Waals surface area contributed by atoms with Crippen molar-refractivity contribution >= 4 is 81.5 Å². The molecule has 0 fully saturated rings. The van der Waals surface area contributed by atoms with E-state index < -0.39 is 5.09 Å². The quantitative estimate of drug-likeness (QED) is 0.0497. The number of carbonyl (C=O) groups excluding carboxylic acids is 1. The number of nitrogens with zero attached hydrogens (tertiary/aromatic N) is 3. The van der Waals surface area contributed by atoms with Crippen molar-refractivity contribution in [2.45, 2.75) is 3.74 Å². The van der Waals surface area contributed by atoms with E-state index >= 15 is 0 Å². The normalized spacial score (nSPS) is 10.0. The molecule has 11 heteroatoms. The second-order valence-electron chi connectivity index (χ2n) is 7.85. The van der Waals surface area contributed by atoms with Crippen LogP contribution in [0, 0.1) is 10.1 Å². The number of fused-ring (bicyclic) bond motifs is 6. The van der Waals surface area contributed by atoms with Crippen LogP contribution in [0.25, 0.3) is 43.4 Å². The predicted molar refractivity (Wildman–Crippen MR) is 157 cm³/mol. The van der Waals surface area contributed by atoms with Gasteiger partial charge in [0, 0.05) is 43.9 Å². The number of pyridine rings is 2. The summed E-state index contributed by atoms with van der Waals surface area (Å²) in [6, 6.07) is 32.6. The molecule has 2 heterocycles. The Hall–Kier alpha value is -3.25. The minimum atomic E-state index is -1.50. The van der Waals surface area contributed by atoms with Crippen molar-refractivity contribution in [3.8, 4) is 0 Å². The molecule has 0 spiro atoms. The Bertz CT molecular complexity index is 1750. The van der Waals surface area contributed by atoms with Gasteiger partial charge in [-0.1, -0.05) is 117 Å². The molecule has 0 atom stereocenters. The van der Waals surface area contributed by atoms with Gasteiger partial charge in [-0.3, -0.25) is 9.78 Å².